The molecule has 0 saturated heterocycles. The van der Waals surface area contributed by atoms with Gasteiger partial charge in [-0.25, -0.2) is 12.7 Å². The van der Waals surface area contributed by atoms with Crippen LogP contribution in [0.3, 0.4) is 0 Å². The number of methoxy groups -OCH3 is 2. The van der Waals surface area contributed by atoms with Crippen molar-refractivity contribution in [1.29, 1.82) is 0 Å². The first-order valence-corrected chi connectivity index (χ1v) is 10.7. The summed E-state index contributed by atoms with van der Waals surface area (Å²) in [5.41, 5.74) is 1.52. The van der Waals surface area contributed by atoms with E-state index < -0.39 is 40.0 Å². The van der Waals surface area contributed by atoms with Crippen LogP contribution in [0.15, 0.2) is 53.4 Å². The number of nitrogens with zero attached hydrogens (tertiary/aromatic N) is 1. The molecule has 160 valence electrons. The Kier molecular flexibility index (Phi) is 6.14. The number of para-hydroxylation sites is 1. The standard InChI is InChI=1S/C21H23NO7S/c1-13-8-10-14(11-9-13)30(26,27)22-17-7-5-4-6-15(17)16(12-18(22)23)19(20(24)28-2)21(25)29-3/h4-11,16,18-19,23H,12H2,1-3H3/t16-,18?/m0/s1. The normalized spacial score (nSPS) is 18.6. The van der Waals surface area contributed by atoms with Crippen LogP contribution < -0.4 is 4.31 Å². The van der Waals surface area contributed by atoms with Crippen molar-refractivity contribution in [1.82, 2.24) is 0 Å². The number of benzene rings is 2. The topological polar surface area (TPSA) is 110 Å². The van der Waals surface area contributed by atoms with Gasteiger partial charge in [0.05, 0.1) is 24.8 Å². The minimum absolute atomic E-state index is 0.0258. The number of aliphatic hydroxyl groups is 1. The lowest BCUT2D eigenvalue weighted by molar-refractivity contribution is -0.160. The fraction of sp³-hybridized carbons (Fsp3) is 0.333. The highest BCUT2D eigenvalue weighted by molar-refractivity contribution is 7.92. The lowest BCUT2D eigenvalue weighted by Gasteiger charge is -2.40. The Balaban J connectivity index is 2.13. The molecular weight excluding hydrogens is 410 g/mol. The van der Waals surface area contributed by atoms with E-state index in [1.54, 1.807) is 30.3 Å². The zero-order valence-corrected chi connectivity index (χ0v) is 17.6. The quantitative estimate of drug-likeness (QED) is 0.567. The van der Waals surface area contributed by atoms with Gasteiger partial charge in [0, 0.05) is 12.3 Å². The van der Waals surface area contributed by atoms with Gasteiger partial charge in [-0.1, -0.05) is 35.9 Å². The molecule has 9 heteroatoms. The number of hydrogen-bond donors (Lipinski definition) is 1. The van der Waals surface area contributed by atoms with E-state index in [9.17, 15) is 23.1 Å². The average Bonchev–Trinajstić information content (AvgIpc) is 2.73. The van der Waals surface area contributed by atoms with Gasteiger partial charge in [0.15, 0.2) is 5.92 Å². The van der Waals surface area contributed by atoms with Crippen molar-refractivity contribution < 1.29 is 32.6 Å². The van der Waals surface area contributed by atoms with E-state index in [1.165, 1.54) is 18.2 Å². The van der Waals surface area contributed by atoms with E-state index in [2.05, 4.69) is 0 Å². The molecule has 1 unspecified atom stereocenters. The average molecular weight is 433 g/mol. The summed E-state index contributed by atoms with van der Waals surface area (Å²) in [6, 6.07) is 12.7. The predicted octanol–water partition coefficient (Wildman–Crippen LogP) is 1.96. The number of rotatable bonds is 5. The molecule has 8 nitrogen and oxygen atoms in total. The number of anilines is 1. The van der Waals surface area contributed by atoms with Crippen molar-refractivity contribution in [2.45, 2.75) is 30.4 Å². The number of fused-ring (bicyclic) bond motifs is 1. The predicted molar refractivity (Wildman–Crippen MR) is 108 cm³/mol. The zero-order valence-electron chi connectivity index (χ0n) is 16.8. The molecule has 0 radical (unpaired) electrons. The van der Waals surface area contributed by atoms with Gasteiger partial charge in [-0.3, -0.25) is 9.59 Å². The molecule has 0 aromatic heterocycles. The zero-order chi connectivity index (χ0) is 22.1. The molecule has 1 aliphatic rings. The highest BCUT2D eigenvalue weighted by Crippen LogP contribution is 2.44. The Bertz CT molecular complexity index is 1030. The molecule has 2 aromatic carbocycles. The Morgan fingerprint density at radius 2 is 1.60 bits per heavy atom. The third kappa shape index (κ3) is 3.78. The Morgan fingerprint density at radius 3 is 2.17 bits per heavy atom. The van der Waals surface area contributed by atoms with E-state index >= 15 is 0 Å². The summed E-state index contributed by atoms with van der Waals surface area (Å²) >= 11 is 0. The van der Waals surface area contributed by atoms with Crippen LogP contribution >= 0.6 is 0 Å². The van der Waals surface area contributed by atoms with E-state index in [0.717, 1.165) is 24.1 Å². The summed E-state index contributed by atoms with van der Waals surface area (Å²) in [5.74, 6) is -3.78. The second-order valence-corrected chi connectivity index (χ2v) is 8.83. The van der Waals surface area contributed by atoms with Crippen LogP contribution in [0, 0.1) is 12.8 Å². The van der Waals surface area contributed by atoms with Crippen molar-refractivity contribution in [2.24, 2.45) is 5.92 Å². The summed E-state index contributed by atoms with van der Waals surface area (Å²) in [7, 11) is -1.79. The fourth-order valence-electron chi connectivity index (χ4n) is 3.72. The number of aliphatic hydroxyl groups excluding tert-OH is 1. The molecule has 2 atom stereocenters. The lowest BCUT2D eigenvalue weighted by atomic mass is 9.80. The summed E-state index contributed by atoms with van der Waals surface area (Å²) in [5, 5.41) is 10.8. The van der Waals surface area contributed by atoms with Gasteiger partial charge in [-0.2, -0.15) is 0 Å². The maximum absolute atomic E-state index is 13.3. The van der Waals surface area contributed by atoms with E-state index in [-0.39, 0.29) is 17.0 Å². The van der Waals surface area contributed by atoms with Crippen molar-refractivity contribution >= 4 is 27.6 Å². The second-order valence-electron chi connectivity index (χ2n) is 7.02. The number of ether oxygens (including phenoxy) is 2. The molecule has 2 aromatic rings. The maximum atomic E-state index is 13.3. The summed E-state index contributed by atoms with van der Waals surface area (Å²) in [6.45, 7) is 1.84. The Morgan fingerprint density at radius 1 is 1.03 bits per heavy atom. The minimum atomic E-state index is -4.09. The molecule has 0 bridgehead atoms. The SMILES string of the molecule is COC(=O)C(C(=O)OC)[C@H]1CC(O)N(S(=O)(=O)c2ccc(C)cc2)c2ccccc21. The molecule has 0 saturated carbocycles. The summed E-state index contributed by atoms with van der Waals surface area (Å²) in [6.07, 6.45) is -1.68. The van der Waals surface area contributed by atoms with Gasteiger partial charge < -0.3 is 14.6 Å². The monoisotopic (exact) mass is 433 g/mol. The van der Waals surface area contributed by atoms with Gasteiger partial charge in [0.25, 0.3) is 10.0 Å². The number of aryl methyl sites for hydroxylation is 1. The molecule has 0 spiro atoms. The van der Waals surface area contributed by atoms with E-state index in [4.69, 9.17) is 9.47 Å². The molecule has 0 aliphatic carbocycles. The Hall–Kier alpha value is -2.91. The largest absolute Gasteiger partial charge is 0.468 e. The second kappa shape index (κ2) is 8.45. The van der Waals surface area contributed by atoms with Crippen LogP contribution in [-0.2, 0) is 29.1 Å². The molecule has 0 amide bonds. The minimum Gasteiger partial charge on any atom is -0.468 e. The molecule has 1 aliphatic heterocycles. The highest BCUT2D eigenvalue weighted by Gasteiger charge is 2.46. The third-order valence-electron chi connectivity index (χ3n) is 5.20. The van der Waals surface area contributed by atoms with Crippen molar-refractivity contribution in [2.75, 3.05) is 18.5 Å². The third-order valence-corrected chi connectivity index (χ3v) is 7.03. The molecule has 1 N–H and O–H groups in total. The van der Waals surface area contributed by atoms with Gasteiger partial charge >= 0.3 is 11.9 Å². The van der Waals surface area contributed by atoms with Crippen LogP contribution in [-0.4, -0.2) is 45.9 Å². The van der Waals surface area contributed by atoms with Gasteiger partial charge in [0.2, 0.25) is 0 Å². The molecule has 3 rings (SSSR count). The number of hydrogen-bond acceptors (Lipinski definition) is 7. The van der Waals surface area contributed by atoms with Crippen LogP contribution in [0.25, 0.3) is 0 Å². The number of esters is 2. The van der Waals surface area contributed by atoms with Gasteiger partial charge in [-0.15, -0.1) is 0 Å². The van der Waals surface area contributed by atoms with Crippen LogP contribution in [0.5, 0.6) is 0 Å². The van der Waals surface area contributed by atoms with Crippen LogP contribution in [0.2, 0.25) is 0 Å². The smallest absolute Gasteiger partial charge is 0.320 e. The van der Waals surface area contributed by atoms with Crippen LogP contribution in [0.4, 0.5) is 5.69 Å². The highest BCUT2D eigenvalue weighted by atomic mass is 32.2. The van der Waals surface area contributed by atoms with E-state index in [1.807, 2.05) is 6.92 Å². The molecular formula is C21H23NO7S. The fourth-order valence-corrected chi connectivity index (χ4v) is 5.26. The lowest BCUT2D eigenvalue weighted by Crippen LogP contribution is -2.47. The molecule has 0 fully saturated rings. The van der Waals surface area contributed by atoms with Gasteiger partial charge in [0.1, 0.15) is 6.23 Å². The maximum Gasteiger partial charge on any atom is 0.320 e. The summed E-state index contributed by atoms with van der Waals surface area (Å²) in [4.78, 5) is 24.7. The molecule has 1 heterocycles. The first-order chi connectivity index (χ1) is 14.2. The van der Waals surface area contributed by atoms with Crippen molar-refractivity contribution in [3.05, 3.63) is 59.7 Å². The van der Waals surface area contributed by atoms with Crippen LogP contribution in [0.1, 0.15) is 23.5 Å². The van der Waals surface area contributed by atoms with Crippen molar-refractivity contribution in [3.63, 3.8) is 0 Å². The summed E-state index contributed by atoms with van der Waals surface area (Å²) < 4.78 is 37.1. The van der Waals surface area contributed by atoms with E-state index in [0.29, 0.717) is 5.56 Å². The number of sulfonamides is 1. The van der Waals surface area contributed by atoms with Gasteiger partial charge in [-0.05, 0) is 30.7 Å². The first kappa shape index (κ1) is 21.8. The number of carbonyl (C=O) groups excluding carboxylic acids is 2. The number of carbonyl (C=O) groups is 2. The van der Waals surface area contributed by atoms with Crippen molar-refractivity contribution in [3.8, 4) is 0 Å². The molecule has 30 heavy (non-hydrogen) atoms. The first-order valence-electron chi connectivity index (χ1n) is 9.26. The Labute approximate surface area is 175 Å².